The maximum Gasteiger partial charge on any atom is 0.311 e. The van der Waals surface area contributed by atoms with Crippen LogP contribution in [0.1, 0.15) is 97.8 Å². The molecule has 210 valence electrons. The Bertz CT molecular complexity index is 1080. The summed E-state index contributed by atoms with van der Waals surface area (Å²) < 4.78 is 11.4. The molecule has 3 rings (SSSR count). The number of unbranched alkanes of at least 4 members (excludes halogenated alkanes) is 6. The molecule has 1 unspecified atom stereocenters. The molecule has 5 heteroatoms. The Labute approximate surface area is 235 Å². The molecule has 0 aliphatic rings. The van der Waals surface area contributed by atoms with Crippen LogP contribution < -0.4 is 9.47 Å². The third kappa shape index (κ3) is 11.2. The molecule has 5 nitrogen and oxygen atoms in total. The van der Waals surface area contributed by atoms with Crippen LogP contribution in [0.4, 0.5) is 0 Å². The lowest BCUT2D eigenvalue weighted by Crippen LogP contribution is -2.08. The van der Waals surface area contributed by atoms with Crippen LogP contribution in [0.5, 0.6) is 11.5 Å². The molecule has 0 saturated carbocycles. The van der Waals surface area contributed by atoms with Crippen molar-refractivity contribution in [2.75, 3.05) is 6.61 Å². The molecule has 2 aromatic carbocycles. The Balaban J connectivity index is 1.43. The second-order valence-corrected chi connectivity index (χ2v) is 10.6. The highest BCUT2D eigenvalue weighted by Gasteiger charge is 2.09. The molecule has 0 radical (unpaired) electrons. The van der Waals surface area contributed by atoms with Gasteiger partial charge in [-0.15, -0.1) is 0 Å². The van der Waals surface area contributed by atoms with E-state index in [1.807, 2.05) is 60.9 Å². The van der Waals surface area contributed by atoms with Crippen LogP contribution in [-0.2, 0) is 4.79 Å². The first-order valence-electron chi connectivity index (χ1n) is 15.0. The van der Waals surface area contributed by atoms with Crippen LogP contribution >= 0.6 is 0 Å². The Morgan fingerprint density at radius 1 is 0.692 bits per heavy atom. The lowest BCUT2D eigenvalue weighted by molar-refractivity contribution is -0.134. The fraction of sp³-hybridized carbons (Fsp3) is 0.500. The Hall–Kier alpha value is -3.21. The van der Waals surface area contributed by atoms with E-state index in [0.717, 1.165) is 48.3 Å². The first kappa shape index (κ1) is 30.3. The lowest BCUT2D eigenvalue weighted by atomic mass is 9.97. The first-order valence-corrected chi connectivity index (χ1v) is 15.0. The van der Waals surface area contributed by atoms with E-state index in [9.17, 15) is 4.79 Å². The normalized spacial score (nSPS) is 11.8. The van der Waals surface area contributed by atoms with Crippen molar-refractivity contribution < 1.29 is 14.3 Å². The van der Waals surface area contributed by atoms with Gasteiger partial charge < -0.3 is 9.47 Å². The van der Waals surface area contributed by atoms with E-state index >= 15 is 0 Å². The summed E-state index contributed by atoms with van der Waals surface area (Å²) in [5.74, 6) is 2.62. The zero-order valence-electron chi connectivity index (χ0n) is 24.2. The Morgan fingerprint density at radius 3 is 1.97 bits per heavy atom. The quantitative estimate of drug-likeness (QED) is 0.0931. The number of nitrogens with zero attached hydrogens (tertiary/aromatic N) is 2. The van der Waals surface area contributed by atoms with Gasteiger partial charge in [-0.1, -0.05) is 90.7 Å². The first-order chi connectivity index (χ1) is 19.1. The minimum Gasteiger partial charge on any atom is -0.494 e. The molecule has 0 saturated heterocycles. The number of rotatable bonds is 18. The molecule has 0 spiro atoms. The smallest absolute Gasteiger partial charge is 0.311 e. The number of hydrogen-bond donors (Lipinski definition) is 0. The summed E-state index contributed by atoms with van der Waals surface area (Å²) in [7, 11) is 0. The molecule has 0 aliphatic heterocycles. The van der Waals surface area contributed by atoms with Gasteiger partial charge in [0.05, 0.1) is 6.61 Å². The molecular formula is C34H46N2O3. The van der Waals surface area contributed by atoms with Gasteiger partial charge in [-0.05, 0) is 60.7 Å². The Kier molecular flexibility index (Phi) is 13.5. The molecule has 0 bridgehead atoms. The van der Waals surface area contributed by atoms with Gasteiger partial charge in [-0.25, -0.2) is 9.97 Å². The van der Waals surface area contributed by atoms with Crippen molar-refractivity contribution in [3.05, 3.63) is 60.9 Å². The van der Waals surface area contributed by atoms with E-state index < -0.39 is 0 Å². The van der Waals surface area contributed by atoms with Crippen molar-refractivity contribution in [2.24, 2.45) is 5.92 Å². The number of aromatic nitrogens is 2. The number of ether oxygens (including phenoxy) is 2. The van der Waals surface area contributed by atoms with Crippen LogP contribution in [0.2, 0.25) is 0 Å². The highest BCUT2D eigenvalue weighted by atomic mass is 16.5. The molecule has 1 aromatic heterocycles. The maximum absolute atomic E-state index is 12.3. The van der Waals surface area contributed by atoms with E-state index in [1.165, 1.54) is 51.4 Å². The van der Waals surface area contributed by atoms with E-state index in [2.05, 4.69) is 30.7 Å². The summed E-state index contributed by atoms with van der Waals surface area (Å²) in [5, 5.41) is 0. The van der Waals surface area contributed by atoms with Gasteiger partial charge in [0.1, 0.15) is 11.5 Å². The maximum atomic E-state index is 12.3. The summed E-state index contributed by atoms with van der Waals surface area (Å²) in [6.07, 6.45) is 17.3. The second-order valence-electron chi connectivity index (χ2n) is 10.6. The largest absolute Gasteiger partial charge is 0.494 e. The molecule has 1 heterocycles. The molecule has 3 aromatic rings. The number of esters is 1. The van der Waals surface area contributed by atoms with Gasteiger partial charge in [0.15, 0.2) is 5.82 Å². The number of benzene rings is 2. The Morgan fingerprint density at radius 2 is 1.28 bits per heavy atom. The summed E-state index contributed by atoms with van der Waals surface area (Å²) in [4.78, 5) is 21.4. The van der Waals surface area contributed by atoms with E-state index in [4.69, 9.17) is 9.47 Å². The SMILES string of the molecule is CCCCCCCOc1ccc(-c2ncc(-c3ccc(OC(=O)CCCC(C)CCCCC)cc3)cn2)cc1. The molecule has 0 N–H and O–H groups in total. The predicted octanol–water partition coefficient (Wildman–Crippen LogP) is 9.45. The summed E-state index contributed by atoms with van der Waals surface area (Å²) in [5.41, 5.74) is 2.84. The average Bonchev–Trinajstić information content (AvgIpc) is 2.96. The number of carbonyl (C=O) groups excluding carboxylic acids is 1. The third-order valence-corrected chi connectivity index (χ3v) is 7.08. The van der Waals surface area contributed by atoms with E-state index in [0.29, 0.717) is 23.9 Å². The molecule has 0 aliphatic carbocycles. The van der Waals surface area contributed by atoms with Crippen molar-refractivity contribution in [2.45, 2.75) is 97.8 Å². The fourth-order valence-corrected chi connectivity index (χ4v) is 4.60. The van der Waals surface area contributed by atoms with Crippen molar-refractivity contribution in [3.8, 4) is 34.0 Å². The molecule has 0 amide bonds. The second kappa shape index (κ2) is 17.4. The van der Waals surface area contributed by atoms with Gasteiger partial charge in [-0.2, -0.15) is 0 Å². The van der Waals surface area contributed by atoms with Crippen molar-refractivity contribution in [3.63, 3.8) is 0 Å². The molecule has 1 atom stereocenters. The van der Waals surface area contributed by atoms with Crippen LogP contribution in [0.25, 0.3) is 22.5 Å². The molecular weight excluding hydrogens is 484 g/mol. The predicted molar refractivity (Wildman–Crippen MR) is 160 cm³/mol. The van der Waals surface area contributed by atoms with Gasteiger partial charge in [0.2, 0.25) is 0 Å². The van der Waals surface area contributed by atoms with Crippen LogP contribution in [0, 0.1) is 5.92 Å². The van der Waals surface area contributed by atoms with E-state index in [-0.39, 0.29) is 5.97 Å². The van der Waals surface area contributed by atoms with Gasteiger partial charge in [0.25, 0.3) is 0 Å². The van der Waals surface area contributed by atoms with E-state index in [1.54, 1.807) is 0 Å². The minimum absolute atomic E-state index is 0.167. The topological polar surface area (TPSA) is 61.3 Å². The van der Waals surface area contributed by atoms with Gasteiger partial charge >= 0.3 is 5.97 Å². The van der Waals surface area contributed by atoms with Crippen molar-refractivity contribution in [1.82, 2.24) is 9.97 Å². The zero-order valence-corrected chi connectivity index (χ0v) is 24.2. The lowest BCUT2D eigenvalue weighted by Gasteiger charge is -2.10. The van der Waals surface area contributed by atoms with Crippen molar-refractivity contribution in [1.29, 1.82) is 0 Å². The third-order valence-electron chi connectivity index (χ3n) is 7.08. The van der Waals surface area contributed by atoms with Gasteiger partial charge in [-0.3, -0.25) is 4.79 Å². The van der Waals surface area contributed by atoms with Crippen LogP contribution in [-0.4, -0.2) is 22.5 Å². The summed E-state index contributed by atoms with van der Waals surface area (Å²) >= 11 is 0. The van der Waals surface area contributed by atoms with Crippen LogP contribution in [0.3, 0.4) is 0 Å². The standard InChI is InChI=1S/C34H46N2O3/c1-4-6-8-9-11-24-38-31-20-18-29(19-21-31)34-35-25-30(26-36-34)28-16-22-32(23-17-28)39-33(37)15-12-14-27(3)13-10-7-5-2/h16-23,25-27H,4-15,24H2,1-3H3. The average molecular weight is 531 g/mol. The molecule has 39 heavy (non-hydrogen) atoms. The number of hydrogen-bond acceptors (Lipinski definition) is 5. The van der Waals surface area contributed by atoms with Crippen LogP contribution in [0.15, 0.2) is 60.9 Å². The zero-order chi connectivity index (χ0) is 27.7. The highest BCUT2D eigenvalue weighted by Crippen LogP contribution is 2.25. The monoisotopic (exact) mass is 530 g/mol. The minimum atomic E-state index is -0.167. The highest BCUT2D eigenvalue weighted by molar-refractivity contribution is 5.73. The van der Waals surface area contributed by atoms with Gasteiger partial charge in [0, 0.05) is 29.9 Å². The fourth-order valence-electron chi connectivity index (χ4n) is 4.60. The summed E-state index contributed by atoms with van der Waals surface area (Å²) in [6, 6.07) is 15.5. The number of carbonyl (C=O) groups is 1. The van der Waals surface area contributed by atoms with Crippen molar-refractivity contribution >= 4 is 5.97 Å². The summed E-state index contributed by atoms with van der Waals surface area (Å²) in [6.45, 7) is 7.49. The molecule has 0 fully saturated rings.